The van der Waals surface area contributed by atoms with E-state index in [4.69, 9.17) is 0 Å². The van der Waals surface area contributed by atoms with E-state index < -0.39 is 0 Å². The summed E-state index contributed by atoms with van der Waals surface area (Å²) < 4.78 is 13.5. The lowest BCUT2D eigenvalue weighted by Crippen LogP contribution is -2.11. The highest BCUT2D eigenvalue weighted by Crippen LogP contribution is 2.11. The van der Waals surface area contributed by atoms with Crippen LogP contribution in [0.4, 0.5) is 16.2 Å². The zero-order valence-corrected chi connectivity index (χ0v) is 12.1. The van der Waals surface area contributed by atoms with Crippen LogP contribution < -0.4 is 10.6 Å². The Morgan fingerprint density at radius 3 is 2.81 bits per heavy atom. The molecule has 0 radical (unpaired) electrons. The molecule has 2 rings (SSSR count). The minimum atomic E-state index is -0.183. The Labute approximate surface area is 124 Å². The topological polar surface area (TPSA) is 49.8 Å². The second-order valence-electron chi connectivity index (χ2n) is 4.66. The van der Waals surface area contributed by atoms with Gasteiger partial charge in [0.05, 0.1) is 0 Å². The summed E-state index contributed by atoms with van der Waals surface area (Å²) in [5.74, 6) is 1.10. The van der Waals surface area contributed by atoms with Crippen LogP contribution in [0.5, 0.6) is 0 Å². The molecule has 0 unspecified atom stereocenters. The maximum Gasteiger partial charge on any atom is 0.224 e. The average molecular weight is 286 g/mol. The molecule has 0 aliphatic carbocycles. The van der Waals surface area contributed by atoms with Crippen molar-refractivity contribution < 1.29 is 4.39 Å². The molecule has 0 saturated carbocycles. The molecule has 1 aromatic carbocycles. The predicted molar refractivity (Wildman–Crippen MR) is 84.0 cm³/mol. The SMILES string of the molecule is C=CCNc1cc(C)nc(NCCc2ccccc2F)n1. The van der Waals surface area contributed by atoms with Gasteiger partial charge in [-0.15, -0.1) is 6.58 Å². The third-order valence-corrected chi connectivity index (χ3v) is 2.92. The van der Waals surface area contributed by atoms with Gasteiger partial charge in [0.15, 0.2) is 0 Å². The van der Waals surface area contributed by atoms with Crippen LogP contribution in [0.2, 0.25) is 0 Å². The lowest BCUT2D eigenvalue weighted by atomic mass is 10.1. The largest absolute Gasteiger partial charge is 0.366 e. The van der Waals surface area contributed by atoms with Crippen molar-refractivity contribution in [2.24, 2.45) is 0 Å². The van der Waals surface area contributed by atoms with Crippen LogP contribution in [0.15, 0.2) is 43.0 Å². The second-order valence-corrected chi connectivity index (χ2v) is 4.66. The normalized spacial score (nSPS) is 10.2. The molecule has 4 nitrogen and oxygen atoms in total. The van der Waals surface area contributed by atoms with Crippen molar-refractivity contribution in [1.29, 1.82) is 0 Å². The summed E-state index contributed by atoms with van der Waals surface area (Å²) >= 11 is 0. The molecule has 0 spiro atoms. The van der Waals surface area contributed by atoms with E-state index in [1.165, 1.54) is 6.07 Å². The van der Waals surface area contributed by atoms with Gasteiger partial charge >= 0.3 is 0 Å². The molecule has 21 heavy (non-hydrogen) atoms. The number of rotatable bonds is 7. The fraction of sp³-hybridized carbons (Fsp3) is 0.250. The Hall–Kier alpha value is -2.43. The first kappa shape index (κ1) is 15.0. The van der Waals surface area contributed by atoms with Crippen molar-refractivity contribution in [2.75, 3.05) is 23.7 Å². The lowest BCUT2D eigenvalue weighted by molar-refractivity contribution is 0.610. The monoisotopic (exact) mass is 286 g/mol. The van der Waals surface area contributed by atoms with Gasteiger partial charge in [0.25, 0.3) is 0 Å². The van der Waals surface area contributed by atoms with E-state index in [0.717, 1.165) is 11.5 Å². The van der Waals surface area contributed by atoms with Crippen LogP contribution in [0.25, 0.3) is 0 Å². The van der Waals surface area contributed by atoms with E-state index in [-0.39, 0.29) is 5.82 Å². The Balaban J connectivity index is 1.95. The minimum absolute atomic E-state index is 0.183. The standard InChI is InChI=1S/C16H19FN4/c1-3-9-18-15-11-12(2)20-16(21-15)19-10-8-13-6-4-5-7-14(13)17/h3-7,11H,1,8-10H2,2H3,(H2,18,19,20,21). The Morgan fingerprint density at radius 2 is 2.05 bits per heavy atom. The van der Waals surface area contributed by atoms with Crippen LogP contribution in [-0.4, -0.2) is 23.1 Å². The van der Waals surface area contributed by atoms with Crippen molar-refractivity contribution in [2.45, 2.75) is 13.3 Å². The van der Waals surface area contributed by atoms with Crippen LogP contribution in [0.3, 0.4) is 0 Å². The summed E-state index contributed by atoms with van der Waals surface area (Å²) in [6.07, 6.45) is 2.35. The van der Waals surface area contributed by atoms with E-state index >= 15 is 0 Å². The number of hydrogen-bond acceptors (Lipinski definition) is 4. The van der Waals surface area contributed by atoms with Gasteiger partial charge < -0.3 is 10.6 Å². The molecule has 0 aliphatic rings. The van der Waals surface area contributed by atoms with Crippen LogP contribution in [0, 0.1) is 12.7 Å². The highest BCUT2D eigenvalue weighted by molar-refractivity contribution is 5.42. The number of nitrogens with one attached hydrogen (secondary N) is 2. The fourth-order valence-electron chi connectivity index (χ4n) is 1.93. The predicted octanol–water partition coefficient (Wildman–Crippen LogP) is 3.18. The number of nitrogens with zero attached hydrogens (tertiary/aromatic N) is 2. The summed E-state index contributed by atoms with van der Waals surface area (Å²) in [7, 11) is 0. The molecule has 0 fully saturated rings. The van der Waals surface area contributed by atoms with Crippen molar-refractivity contribution in [1.82, 2.24) is 9.97 Å². The summed E-state index contributed by atoms with van der Waals surface area (Å²) in [6.45, 7) is 6.78. The van der Waals surface area contributed by atoms with E-state index in [1.807, 2.05) is 19.1 Å². The minimum Gasteiger partial charge on any atom is -0.366 e. The Bertz CT molecular complexity index is 613. The molecule has 0 saturated heterocycles. The van der Waals surface area contributed by atoms with Gasteiger partial charge in [-0.05, 0) is 25.0 Å². The highest BCUT2D eigenvalue weighted by Gasteiger charge is 2.03. The molecule has 2 aromatic rings. The number of halogens is 1. The maximum absolute atomic E-state index is 13.5. The Kier molecular flexibility index (Phi) is 5.26. The summed E-state index contributed by atoms with van der Waals surface area (Å²) in [5, 5.41) is 6.25. The van der Waals surface area contributed by atoms with Crippen molar-refractivity contribution in [3.63, 3.8) is 0 Å². The third-order valence-electron chi connectivity index (χ3n) is 2.92. The fourth-order valence-corrected chi connectivity index (χ4v) is 1.93. The molecule has 0 aliphatic heterocycles. The molecular weight excluding hydrogens is 267 g/mol. The Morgan fingerprint density at radius 1 is 1.24 bits per heavy atom. The van der Waals surface area contributed by atoms with E-state index in [1.54, 1.807) is 18.2 Å². The van der Waals surface area contributed by atoms with Gasteiger partial charge in [-0.2, -0.15) is 4.98 Å². The molecule has 1 aromatic heterocycles. The van der Waals surface area contributed by atoms with E-state index in [2.05, 4.69) is 27.2 Å². The zero-order chi connectivity index (χ0) is 15.1. The van der Waals surface area contributed by atoms with Gasteiger partial charge in [0, 0.05) is 24.8 Å². The van der Waals surface area contributed by atoms with Gasteiger partial charge in [-0.25, -0.2) is 9.37 Å². The van der Waals surface area contributed by atoms with Crippen molar-refractivity contribution >= 4 is 11.8 Å². The molecule has 1 heterocycles. The molecular formula is C16H19FN4. The zero-order valence-electron chi connectivity index (χ0n) is 12.1. The number of hydrogen-bond donors (Lipinski definition) is 2. The smallest absolute Gasteiger partial charge is 0.224 e. The van der Waals surface area contributed by atoms with Crippen molar-refractivity contribution in [3.05, 3.63) is 60.1 Å². The van der Waals surface area contributed by atoms with Crippen LogP contribution in [-0.2, 0) is 6.42 Å². The number of anilines is 2. The quantitative estimate of drug-likeness (QED) is 0.768. The first-order chi connectivity index (χ1) is 10.2. The molecule has 2 N–H and O–H groups in total. The first-order valence-electron chi connectivity index (χ1n) is 6.87. The number of aromatic nitrogens is 2. The maximum atomic E-state index is 13.5. The van der Waals surface area contributed by atoms with Gasteiger partial charge in [-0.1, -0.05) is 24.3 Å². The lowest BCUT2D eigenvalue weighted by Gasteiger charge is -2.09. The van der Waals surface area contributed by atoms with E-state index in [0.29, 0.717) is 31.0 Å². The second kappa shape index (κ2) is 7.38. The first-order valence-corrected chi connectivity index (χ1v) is 6.87. The van der Waals surface area contributed by atoms with Crippen LogP contribution in [0.1, 0.15) is 11.3 Å². The van der Waals surface area contributed by atoms with E-state index in [9.17, 15) is 4.39 Å². The molecule has 5 heteroatoms. The third kappa shape index (κ3) is 4.56. The van der Waals surface area contributed by atoms with Crippen molar-refractivity contribution in [3.8, 4) is 0 Å². The molecule has 0 bridgehead atoms. The average Bonchev–Trinajstić information content (AvgIpc) is 2.47. The molecule has 110 valence electrons. The molecule has 0 atom stereocenters. The number of aryl methyl sites for hydroxylation is 1. The van der Waals surface area contributed by atoms with Gasteiger partial charge in [0.1, 0.15) is 11.6 Å². The highest BCUT2D eigenvalue weighted by atomic mass is 19.1. The summed E-state index contributed by atoms with van der Waals surface area (Å²) in [4.78, 5) is 8.66. The summed E-state index contributed by atoms with van der Waals surface area (Å²) in [5.41, 5.74) is 1.55. The van der Waals surface area contributed by atoms with Gasteiger partial charge in [0.2, 0.25) is 5.95 Å². The van der Waals surface area contributed by atoms with Gasteiger partial charge in [-0.3, -0.25) is 0 Å². The van der Waals surface area contributed by atoms with Crippen LogP contribution >= 0.6 is 0 Å². The molecule has 0 amide bonds. The number of benzene rings is 1. The summed E-state index contributed by atoms with van der Waals surface area (Å²) in [6, 6.07) is 8.64.